The summed E-state index contributed by atoms with van der Waals surface area (Å²) in [4.78, 5) is 27.1. The van der Waals surface area contributed by atoms with E-state index < -0.39 is 101 Å². The minimum atomic E-state index is -1.88. The molecule has 0 amide bonds. The lowest BCUT2D eigenvalue weighted by Crippen LogP contribution is -2.55. The van der Waals surface area contributed by atoms with Gasteiger partial charge in [0, 0.05) is 48.4 Å². The number of fused-ring (bicyclic) bond motifs is 3. The van der Waals surface area contributed by atoms with Crippen molar-refractivity contribution in [1.82, 2.24) is 0 Å². The third-order valence-electron chi connectivity index (χ3n) is 9.19. The van der Waals surface area contributed by atoms with E-state index in [1.54, 1.807) is 20.8 Å². The molecule has 258 valence electrons. The Morgan fingerprint density at radius 2 is 1.72 bits per heavy atom. The summed E-state index contributed by atoms with van der Waals surface area (Å²) in [5.41, 5.74) is 3.00. The molecule has 1 fully saturated rings. The van der Waals surface area contributed by atoms with Crippen molar-refractivity contribution in [3.8, 4) is 17.2 Å². The van der Waals surface area contributed by atoms with E-state index in [-0.39, 0.29) is 54.5 Å². The molecule has 0 saturated carbocycles. The Kier molecular flexibility index (Phi) is 10.0. The fourth-order valence-electron chi connectivity index (χ4n) is 6.68. The lowest BCUT2D eigenvalue weighted by molar-refractivity contribution is -0.286. The average Bonchev–Trinajstić information content (AvgIpc) is 2.98. The number of nitrogens with two attached hydrogens (primary N) is 1. The topological polar surface area (TPSA) is 239 Å². The molecule has 5 rings (SSSR count). The van der Waals surface area contributed by atoms with Gasteiger partial charge >= 0.3 is 0 Å². The molecule has 3 aliphatic rings. The van der Waals surface area contributed by atoms with Gasteiger partial charge in [0.2, 0.25) is 5.78 Å². The van der Waals surface area contributed by atoms with Crippen LogP contribution in [0.25, 0.3) is 0 Å². The number of ether oxygens (including phenoxy) is 4. The van der Waals surface area contributed by atoms with Crippen LogP contribution in [-0.2, 0) is 25.4 Å². The normalized spacial score (nSPS) is 29.8. The molecular weight excluding hydrogens is 618 g/mol. The van der Waals surface area contributed by atoms with Gasteiger partial charge in [0.25, 0.3) is 0 Å². The Morgan fingerprint density at radius 3 is 2.34 bits per heavy atom. The van der Waals surface area contributed by atoms with Gasteiger partial charge in [0.05, 0.1) is 59.4 Å². The fourth-order valence-corrected chi connectivity index (χ4v) is 6.68. The summed E-state index contributed by atoms with van der Waals surface area (Å²) in [6.07, 6.45) is -7.85. The van der Waals surface area contributed by atoms with Crippen LogP contribution in [0.15, 0.2) is 18.2 Å². The second-order valence-electron chi connectivity index (χ2n) is 12.9. The first kappa shape index (κ1) is 35.1. The molecule has 1 heterocycles. The van der Waals surface area contributed by atoms with E-state index >= 15 is 0 Å². The van der Waals surface area contributed by atoms with Crippen molar-refractivity contribution in [3.05, 3.63) is 51.6 Å². The summed E-state index contributed by atoms with van der Waals surface area (Å²) in [6.45, 7) is 5.99. The fraction of sp³-hybridized carbons (Fsp3) is 0.576. The van der Waals surface area contributed by atoms with Crippen LogP contribution in [0, 0.1) is 0 Å². The highest BCUT2D eigenvalue weighted by Crippen LogP contribution is 2.53. The van der Waals surface area contributed by atoms with Gasteiger partial charge in [-0.2, -0.15) is 0 Å². The number of phenols is 3. The SMILES string of the molecule is CC(O)CC(OC(C)CO)OC1C(N)CC(OC2CC(O)(C(C)O)Cc3c(O)c4c(c(O)c32)C(=O)c2c(O)cccc2C4=O)OC1C. The minimum absolute atomic E-state index is 0.0429. The van der Waals surface area contributed by atoms with E-state index in [4.69, 9.17) is 24.7 Å². The van der Waals surface area contributed by atoms with Crippen LogP contribution in [0.4, 0.5) is 0 Å². The summed E-state index contributed by atoms with van der Waals surface area (Å²) >= 11 is 0. The quantitative estimate of drug-likeness (QED) is 0.112. The van der Waals surface area contributed by atoms with E-state index in [1.807, 2.05) is 0 Å². The first-order valence-electron chi connectivity index (χ1n) is 15.7. The predicted octanol–water partition coefficient (Wildman–Crippen LogP) is 1.04. The molecule has 2 aromatic rings. The van der Waals surface area contributed by atoms with Gasteiger partial charge in [-0.25, -0.2) is 0 Å². The molecule has 2 aromatic carbocycles. The van der Waals surface area contributed by atoms with Crippen LogP contribution >= 0.6 is 0 Å². The largest absolute Gasteiger partial charge is 0.507 e. The van der Waals surface area contributed by atoms with Gasteiger partial charge in [-0.05, 0) is 33.8 Å². The Bertz CT molecular complexity index is 1510. The molecule has 47 heavy (non-hydrogen) atoms. The number of carbonyl (C=O) groups is 2. The van der Waals surface area contributed by atoms with Crippen molar-refractivity contribution in [3.63, 3.8) is 0 Å². The zero-order valence-electron chi connectivity index (χ0n) is 26.6. The van der Waals surface area contributed by atoms with Crippen molar-refractivity contribution in [2.24, 2.45) is 5.73 Å². The molecule has 14 nitrogen and oxygen atoms in total. The zero-order valence-corrected chi connectivity index (χ0v) is 26.6. The lowest BCUT2D eigenvalue weighted by Gasteiger charge is -2.44. The maximum atomic E-state index is 13.6. The highest BCUT2D eigenvalue weighted by atomic mass is 16.7. The summed E-state index contributed by atoms with van der Waals surface area (Å²) in [6, 6.07) is 3.22. The van der Waals surface area contributed by atoms with Crippen molar-refractivity contribution in [2.75, 3.05) is 6.61 Å². The smallest absolute Gasteiger partial charge is 0.202 e. The number of hydrogen-bond acceptors (Lipinski definition) is 14. The van der Waals surface area contributed by atoms with E-state index in [1.165, 1.54) is 25.1 Å². The summed E-state index contributed by atoms with van der Waals surface area (Å²) in [5.74, 6) is -3.48. The van der Waals surface area contributed by atoms with Gasteiger partial charge in [-0.15, -0.1) is 0 Å². The molecule has 0 spiro atoms. The maximum Gasteiger partial charge on any atom is 0.202 e. The van der Waals surface area contributed by atoms with Crippen molar-refractivity contribution in [1.29, 1.82) is 0 Å². The Labute approximate surface area is 271 Å². The molecule has 10 atom stereocenters. The molecule has 0 aromatic heterocycles. The van der Waals surface area contributed by atoms with Crippen molar-refractivity contribution in [2.45, 2.75) is 114 Å². The molecule has 0 radical (unpaired) electrons. The Hall–Kier alpha value is -3.18. The molecule has 0 bridgehead atoms. The molecule has 1 aliphatic heterocycles. The number of rotatable bonds is 10. The minimum Gasteiger partial charge on any atom is -0.507 e. The number of aliphatic hydroxyl groups excluding tert-OH is 3. The summed E-state index contributed by atoms with van der Waals surface area (Å²) in [5, 5.41) is 74.9. The van der Waals surface area contributed by atoms with Crippen LogP contribution < -0.4 is 5.73 Å². The van der Waals surface area contributed by atoms with Crippen molar-refractivity contribution >= 4 is 11.6 Å². The van der Waals surface area contributed by atoms with E-state index in [2.05, 4.69) is 0 Å². The number of hydrogen-bond donors (Lipinski definition) is 8. The van der Waals surface area contributed by atoms with Gasteiger partial charge in [-0.3, -0.25) is 9.59 Å². The molecule has 14 heteroatoms. The van der Waals surface area contributed by atoms with Crippen molar-refractivity contribution < 1.29 is 64.3 Å². The summed E-state index contributed by atoms with van der Waals surface area (Å²) < 4.78 is 24.2. The molecular formula is C33H43NO13. The number of aliphatic hydroxyl groups is 4. The molecule has 9 N–H and O–H groups in total. The van der Waals surface area contributed by atoms with E-state index in [0.717, 1.165) is 0 Å². The molecule has 2 aliphatic carbocycles. The van der Waals surface area contributed by atoms with Crippen LogP contribution in [0.2, 0.25) is 0 Å². The Morgan fingerprint density at radius 1 is 1.04 bits per heavy atom. The maximum absolute atomic E-state index is 13.6. The van der Waals surface area contributed by atoms with Gasteiger partial charge in [0.15, 0.2) is 18.4 Å². The third-order valence-corrected chi connectivity index (χ3v) is 9.19. The second-order valence-corrected chi connectivity index (χ2v) is 12.9. The number of benzene rings is 2. The first-order chi connectivity index (χ1) is 22.1. The van der Waals surface area contributed by atoms with Crippen LogP contribution in [0.1, 0.15) is 96.0 Å². The highest BCUT2D eigenvalue weighted by molar-refractivity contribution is 6.31. The van der Waals surface area contributed by atoms with Crippen LogP contribution in [-0.4, -0.2) is 109 Å². The molecule has 1 saturated heterocycles. The summed E-state index contributed by atoms with van der Waals surface area (Å²) in [7, 11) is 0. The van der Waals surface area contributed by atoms with Crippen LogP contribution in [0.5, 0.6) is 17.2 Å². The number of ketones is 2. The standard InChI is InChI=1S/C33H43NO13/c1-13(36)8-22(44-14(2)12-35)47-32-15(3)45-23(9-19(32)34)46-21-11-33(43,16(4)37)10-18-25(21)31(42)27-26(29(18)40)28(39)17-6-5-7-20(38)24(17)30(27)41/h5-7,13-16,19,21-23,32,35-38,40,42-43H,8-12,34H2,1-4H3. The van der Waals surface area contributed by atoms with Gasteiger partial charge in [-0.1, -0.05) is 12.1 Å². The zero-order chi connectivity index (χ0) is 34.5. The Balaban J connectivity index is 1.48. The number of phenolic OH excluding ortho intramolecular Hbond substituents is 3. The second kappa shape index (κ2) is 13.4. The third kappa shape index (κ3) is 6.49. The van der Waals surface area contributed by atoms with Gasteiger partial charge in [0.1, 0.15) is 23.4 Å². The predicted molar refractivity (Wildman–Crippen MR) is 163 cm³/mol. The number of carbonyl (C=O) groups excluding carboxylic acids is 2. The van der Waals surface area contributed by atoms with Gasteiger partial charge < -0.3 is 60.4 Å². The lowest BCUT2D eigenvalue weighted by atomic mass is 9.71. The number of aromatic hydroxyl groups is 3. The highest BCUT2D eigenvalue weighted by Gasteiger charge is 2.49. The monoisotopic (exact) mass is 661 g/mol. The molecule has 10 unspecified atom stereocenters. The average molecular weight is 662 g/mol. The first-order valence-corrected chi connectivity index (χ1v) is 15.7. The van der Waals surface area contributed by atoms with Crippen LogP contribution in [0.3, 0.4) is 0 Å². The van der Waals surface area contributed by atoms with E-state index in [0.29, 0.717) is 0 Å². The van der Waals surface area contributed by atoms with E-state index in [9.17, 15) is 45.3 Å².